The molecular weight excluding hydrogens is 551 g/mol. The van der Waals surface area contributed by atoms with Crippen molar-refractivity contribution in [3.05, 3.63) is 84.3 Å². The van der Waals surface area contributed by atoms with Gasteiger partial charge in [0.15, 0.2) is 6.20 Å². The number of aryl methyl sites for hydroxylation is 1. The molecule has 3 aromatic heterocycles. The van der Waals surface area contributed by atoms with E-state index in [1.165, 1.54) is 48.1 Å². The molecule has 1 unspecified atom stereocenters. The van der Waals surface area contributed by atoms with E-state index in [0.29, 0.717) is 38.0 Å². The van der Waals surface area contributed by atoms with Gasteiger partial charge in [-0.05, 0) is 63.4 Å². The maximum absolute atomic E-state index is 14.3. The van der Waals surface area contributed by atoms with Gasteiger partial charge in [-0.1, -0.05) is 0 Å². The highest BCUT2D eigenvalue weighted by Gasteiger charge is 2.24. The van der Waals surface area contributed by atoms with Crippen molar-refractivity contribution in [3.63, 3.8) is 0 Å². The Morgan fingerprint density at radius 3 is 2.74 bits per heavy atom. The van der Waals surface area contributed by atoms with Gasteiger partial charge in [0.05, 0.1) is 21.4 Å². The molecule has 4 rings (SSSR count). The van der Waals surface area contributed by atoms with Gasteiger partial charge in [0.2, 0.25) is 5.75 Å². The van der Waals surface area contributed by atoms with Gasteiger partial charge in [0.25, 0.3) is 0 Å². The predicted octanol–water partition coefficient (Wildman–Crippen LogP) is 6.65. The van der Waals surface area contributed by atoms with E-state index in [1.807, 2.05) is 0 Å². The van der Waals surface area contributed by atoms with Gasteiger partial charge in [0, 0.05) is 34.7 Å². The number of benzene rings is 1. The molecule has 0 aliphatic carbocycles. The normalized spacial score (nSPS) is 12.2. The van der Waals surface area contributed by atoms with E-state index in [2.05, 4.69) is 31.0 Å². The predicted molar refractivity (Wildman–Crippen MR) is 126 cm³/mol. The number of hydrogen-bond donors (Lipinski definition) is 0. The number of pyridine rings is 1. The number of hydrogen-bond acceptors (Lipinski definition) is 7. The second-order valence-electron chi connectivity index (χ2n) is 7.51. The summed E-state index contributed by atoms with van der Waals surface area (Å²) in [7, 11) is 0. The largest absolute Gasteiger partial charge is 0.478 e. The van der Waals surface area contributed by atoms with Crippen LogP contribution in [0.25, 0.3) is 11.3 Å². The van der Waals surface area contributed by atoms with E-state index < -0.39 is 29.2 Å². The second kappa shape index (κ2) is 10.1. The number of alkyl halides is 2. The van der Waals surface area contributed by atoms with E-state index in [1.54, 1.807) is 19.9 Å². The topological polar surface area (TPSA) is 96.0 Å². The van der Waals surface area contributed by atoms with Crippen LogP contribution in [0.4, 0.5) is 19.0 Å². The van der Waals surface area contributed by atoms with Crippen molar-refractivity contribution < 1.29 is 22.8 Å². The molecule has 13 heteroatoms. The molecule has 3 heterocycles. The van der Waals surface area contributed by atoms with Crippen LogP contribution in [0.2, 0.25) is 0 Å². The average Bonchev–Trinajstić information content (AvgIpc) is 3.40. The van der Waals surface area contributed by atoms with Crippen LogP contribution in [-0.4, -0.2) is 24.7 Å². The minimum absolute atomic E-state index is 0.0822. The first-order chi connectivity index (χ1) is 16.6. The first-order valence-electron chi connectivity index (χ1n) is 10.2. The minimum atomic E-state index is -2.75. The molecule has 0 saturated heterocycles. The Morgan fingerprint density at radius 2 is 2.06 bits per heavy atom. The maximum atomic E-state index is 14.3. The van der Waals surface area contributed by atoms with Crippen LogP contribution in [0.5, 0.6) is 5.75 Å². The molecule has 0 N–H and O–H groups in total. The highest BCUT2D eigenvalue weighted by Crippen LogP contribution is 2.38. The molecule has 8 nitrogen and oxygen atoms in total. The number of nitro groups is 1. The Labute approximate surface area is 209 Å². The first kappa shape index (κ1) is 24.8. The fourth-order valence-electron chi connectivity index (χ4n) is 3.54. The molecule has 0 aliphatic heterocycles. The lowest BCUT2D eigenvalue weighted by Crippen LogP contribution is -2.08. The van der Waals surface area contributed by atoms with Crippen LogP contribution in [-0.2, 0) is 6.42 Å². The monoisotopic (exact) mass is 567 g/mol. The lowest BCUT2D eigenvalue weighted by Gasteiger charge is -2.18. The number of rotatable bonds is 8. The molecule has 182 valence electrons. The first-order valence-corrected chi connectivity index (χ1v) is 11.8. The maximum Gasteiger partial charge on any atom is 0.406 e. The molecule has 0 fully saturated rings. The molecule has 0 spiro atoms. The quantitative estimate of drug-likeness (QED) is 0.175. The van der Waals surface area contributed by atoms with Crippen molar-refractivity contribution in [3.8, 4) is 17.0 Å². The summed E-state index contributed by atoms with van der Waals surface area (Å²) in [6, 6.07) is 5.53. The molecule has 4 aromatic rings. The average molecular weight is 568 g/mol. The van der Waals surface area contributed by atoms with Crippen LogP contribution < -0.4 is 4.74 Å². The second-order valence-corrected chi connectivity index (χ2v) is 9.72. The number of halogens is 4. The molecule has 1 atom stereocenters. The van der Waals surface area contributed by atoms with Crippen LogP contribution in [0.15, 0.2) is 47.3 Å². The van der Waals surface area contributed by atoms with Crippen LogP contribution in [0.1, 0.15) is 40.6 Å². The third-order valence-corrected chi connectivity index (χ3v) is 6.41. The highest BCUT2D eigenvalue weighted by molar-refractivity contribution is 9.10. The van der Waals surface area contributed by atoms with Crippen molar-refractivity contribution in [1.29, 1.82) is 0 Å². The Morgan fingerprint density at radius 1 is 1.29 bits per heavy atom. The van der Waals surface area contributed by atoms with Gasteiger partial charge < -0.3 is 14.9 Å². The SMILES string of the molecule is Cc1nc(-c2ccc(F)cc2C(C)Oc2cc(Br)cnc2[N+](=O)[O-])c(Cc2cnn(C(F)F)c2)s1. The van der Waals surface area contributed by atoms with Gasteiger partial charge >= 0.3 is 12.4 Å². The Bertz CT molecular complexity index is 1390. The number of nitrogens with zero attached hydrogens (tertiary/aromatic N) is 5. The van der Waals surface area contributed by atoms with Gasteiger partial charge in [0.1, 0.15) is 11.9 Å². The zero-order valence-electron chi connectivity index (χ0n) is 18.3. The standard InChI is InChI=1S/C22H17BrF3N5O3S/c1-11(34-18-6-14(23)9-27-21(18)31(32)33)17-7-15(24)3-4-16(17)20-19(35-12(2)29-20)5-13-8-28-30(10-13)22(25)26/h3-4,6-11,22H,5H2,1-2H3. The minimum Gasteiger partial charge on any atom is -0.478 e. The van der Waals surface area contributed by atoms with Gasteiger partial charge in [-0.15, -0.1) is 11.3 Å². The summed E-state index contributed by atoms with van der Waals surface area (Å²) in [5.41, 5.74) is 2.09. The van der Waals surface area contributed by atoms with E-state index in [0.717, 1.165) is 9.88 Å². The van der Waals surface area contributed by atoms with E-state index in [-0.39, 0.29) is 5.75 Å². The van der Waals surface area contributed by atoms with Crippen molar-refractivity contribution in [2.75, 3.05) is 0 Å². The highest BCUT2D eigenvalue weighted by atomic mass is 79.9. The third kappa shape index (κ3) is 5.51. The van der Waals surface area contributed by atoms with Gasteiger partial charge in [-0.25, -0.2) is 14.1 Å². The molecule has 0 bridgehead atoms. The zero-order chi connectivity index (χ0) is 25.3. The molecule has 0 saturated carbocycles. The third-order valence-electron chi connectivity index (χ3n) is 5.01. The number of thiazole rings is 1. The fourth-order valence-corrected chi connectivity index (χ4v) is 4.83. The summed E-state index contributed by atoms with van der Waals surface area (Å²) in [4.78, 5) is 19.9. The zero-order valence-corrected chi connectivity index (χ0v) is 20.7. The van der Waals surface area contributed by atoms with Crippen molar-refractivity contribution in [2.24, 2.45) is 0 Å². The fraction of sp³-hybridized carbons (Fsp3) is 0.227. The van der Waals surface area contributed by atoms with Crippen molar-refractivity contribution in [2.45, 2.75) is 32.9 Å². The van der Waals surface area contributed by atoms with Gasteiger partial charge in [-0.2, -0.15) is 13.9 Å². The van der Waals surface area contributed by atoms with Crippen LogP contribution in [0, 0.1) is 22.9 Å². The van der Waals surface area contributed by atoms with Crippen LogP contribution in [0.3, 0.4) is 0 Å². The molecule has 0 radical (unpaired) electrons. The Balaban J connectivity index is 1.72. The molecule has 0 amide bonds. The molecule has 0 aliphatic rings. The Kier molecular flexibility index (Phi) is 7.17. The summed E-state index contributed by atoms with van der Waals surface area (Å²) in [6.45, 7) is 0.693. The Hall–Kier alpha value is -3.32. The van der Waals surface area contributed by atoms with Crippen molar-refractivity contribution >= 4 is 33.1 Å². The van der Waals surface area contributed by atoms with E-state index in [4.69, 9.17) is 4.74 Å². The lowest BCUT2D eigenvalue weighted by molar-refractivity contribution is -0.390. The van der Waals surface area contributed by atoms with E-state index in [9.17, 15) is 23.3 Å². The molecule has 35 heavy (non-hydrogen) atoms. The van der Waals surface area contributed by atoms with Gasteiger partial charge in [-0.3, -0.25) is 0 Å². The molecule has 1 aromatic carbocycles. The van der Waals surface area contributed by atoms with E-state index >= 15 is 0 Å². The molecular formula is C22H17BrF3N5O3S. The lowest BCUT2D eigenvalue weighted by atomic mass is 9.98. The number of ether oxygens (including phenoxy) is 1. The summed E-state index contributed by atoms with van der Waals surface area (Å²) in [5.74, 6) is -1.08. The summed E-state index contributed by atoms with van der Waals surface area (Å²) < 4.78 is 47.0. The smallest absolute Gasteiger partial charge is 0.406 e. The van der Waals surface area contributed by atoms with Crippen LogP contribution >= 0.6 is 27.3 Å². The summed E-state index contributed by atoms with van der Waals surface area (Å²) >= 11 is 4.60. The number of aromatic nitrogens is 4. The summed E-state index contributed by atoms with van der Waals surface area (Å²) in [5, 5.41) is 15.8. The van der Waals surface area contributed by atoms with Crippen molar-refractivity contribution in [1.82, 2.24) is 19.7 Å². The summed E-state index contributed by atoms with van der Waals surface area (Å²) in [6.07, 6.45) is 3.39.